The summed E-state index contributed by atoms with van der Waals surface area (Å²) in [6.45, 7) is 1.94. The molecular formula is C26H20FN5O. The number of hydrogen-bond acceptors (Lipinski definition) is 4. The summed E-state index contributed by atoms with van der Waals surface area (Å²) in [6.07, 6.45) is 2.13. The van der Waals surface area contributed by atoms with Gasteiger partial charge in [0.2, 0.25) is 0 Å². The maximum atomic E-state index is 13.9. The molecular weight excluding hydrogens is 417 g/mol. The number of aryl methyl sites for hydroxylation is 1. The molecule has 162 valence electrons. The Morgan fingerprint density at radius 2 is 1.91 bits per heavy atom. The van der Waals surface area contributed by atoms with Gasteiger partial charge in [0.05, 0.1) is 28.2 Å². The summed E-state index contributed by atoms with van der Waals surface area (Å²) in [6, 6.07) is 20.1. The topological polar surface area (TPSA) is 97.6 Å². The second-order valence-corrected chi connectivity index (χ2v) is 7.84. The molecule has 0 aliphatic heterocycles. The molecule has 2 aromatic carbocycles. The van der Waals surface area contributed by atoms with Crippen LogP contribution in [-0.2, 0) is 6.42 Å². The van der Waals surface area contributed by atoms with E-state index >= 15 is 0 Å². The number of nitrogens with two attached hydrogens (primary N) is 1. The van der Waals surface area contributed by atoms with Crippen LogP contribution < -0.4 is 5.73 Å². The van der Waals surface area contributed by atoms with Crippen LogP contribution in [0.2, 0.25) is 0 Å². The number of halogens is 1. The van der Waals surface area contributed by atoms with Gasteiger partial charge >= 0.3 is 0 Å². The van der Waals surface area contributed by atoms with Gasteiger partial charge in [0.1, 0.15) is 11.6 Å². The van der Waals surface area contributed by atoms with Gasteiger partial charge in [-0.15, -0.1) is 0 Å². The predicted octanol–water partition coefficient (Wildman–Crippen LogP) is 4.82. The number of fused-ring (bicyclic) bond motifs is 1. The van der Waals surface area contributed by atoms with Crippen molar-refractivity contribution in [1.82, 2.24) is 19.9 Å². The van der Waals surface area contributed by atoms with E-state index in [0.29, 0.717) is 12.2 Å². The van der Waals surface area contributed by atoms with Crippen molar-refractivity contribution in [2.45, 2.75) is 13.3 Å². The summed E-state index contributed by atoms with van der Waals surface area (Å²) < 4.78 is 13.9. The lowest BCUT2D eigenvalue weighted by Gasteiger charge is -2.05. The van der Waals surface area contributed by atoms with Gasteiger partial charge in [-0.3, -0.25) is 14.8 Å². The first kappa shape index (κ1) is 20.5. The highest BCUT2D eigenvalue weighted by Gasteiger charge is 2.17. The van der Waals surface area contributed by atoms with Gasteiger partial charge in [0, 0.05) is 29.3 Å². The SMILES string of the molecule is Cc1cccc(-c2[nH]c(Cc3ccc(F)c(C(N)=O)c3)nc2-c2ccc3ncccc3c2)n1. The van der Waals surface area contributed by atoms with Crippen LogP contribution in [0.15, 0.2) is 72.9 Å². The Balaban J connectivity index is 1.62. The van der Waals surface area contributed by atoms with Crippen LogP contribution in [0.1, 0.15) is 27.4 Å². The summed E-state index contributed by atoms with van der Waals surface area (Å²) in [4.78, 5) is 28.8. The van der Waals surface area contributed by atoms with E-state index in [1.165, 1.54) is 12.1 Å². The number of hydrogen-bond donors (Lipinski definition) is 2. The maximum Gasteiger partial charge on any atom is 0.251 e. The summed E-state index contributed by atoms with van der Waals surface area (Å²) >= 11 is 0. The third kappa shape index (κ3) is 4.08. The number of rotatable bonds is 5. The number of aromatic nitrogens is 4. The highest BCUT2D eigenvalue weighted by molar-refractivity contribution is 5.93. The summed E-state index contributed by atoms with van der Waals surface area (Å²) in [5.74, 6) is -0.777. The molecule has 3 N–H and O–H groups in total. The first-order valence-electron chi connectivity index (χ1n) is 10.4. The number of pyridine rings is 2. The highest BCUT2D eigenvalue weighted by Crippen LogP contribution is 2.31. The van der Waals surface area contributed by atoms with Crippen LogP contribution in [0.25, 0.3) is 33.5 Å². The minimum atomic E-state index is -0.802. The summed E-state index contributed by atoms with van der Waals surface area (Å²) in [5, 5.41) is 1.01. The Hall–Kier alpha value is -4.39. The zero-order valence-electron chi connectivity index (χ0n) is 17.8. The number of aromatic amines is 1. The fraction of sp³-hybridized carbons (Fsp3) is 0.0769. The van der Waals surface area contributed by atoms with Gasteiger partial charge in [-0.05, 0) is 55.0 Å². The lowest BCUT2D eigenvalue weighted by Crippen LogP contribution is -2.13. The average Bonchev–Trinajstić information content (AvgIpc) is 3.23. The van der Waals surface area contributed by atoms with Crippen LogP contribution in [0.3, 0.4) is 0 Å². The van der Waals surface area contributed by atoms with E-state index in [1.807, 2.05) is 55.5 Å². The van der Waals surface area contributed by atoms with E-state index in [1.54, 1.807) is 12.3 Å². The first-order valence-corrected chi connectivity index (χ1v) is 10.4. The number of carbonyl (C=O) groups excluding carboxylic acids is 1. The average molecular weight is 437 g/mol. The van der Waals surface area contributed by atoms with Crippen molar-refractivity contribution in [1.29, 1.82) is 0 Å². The number of nitrogens with one attached hydrogen (secondary N) is 1. The minimum Gasteiger partial charge on any atom is -0.366 e. The standard InChI is InChI=1S/C26H20FN5O/c1-15-4-2-6-22(30-15)25-24(18-8-10-21-17(14-18)5-3-11-29-21)31-23(32-25)13-16-7-9-20(27)19(12-16)26(28)33/h2-12,14H,13H2,1H3,(H2,28,33)(H,31,32). The lowest BCUT2D eigenvalue weighted by atomic mass is 10.1. The Morgan fingerprint density at radius 3 is 2.73 bits per heavy atom. The van der Waals surface area contributed by atoms with Crippen LogP contribution in [-0.4, -0.2) is 25.8 Å². The molecule has 3 aromatic heterocycles. The molecule has 0 bridgehead atoms. The van der Waals surface area contributed by atoms with E-state index in [0.717, 1.165) is 44.8 Å². The van der Waals surface area contributed by atoms with E-state index in [4.69, 9.17) is 10.7 Å². The molecule has 0 saturated carbocycles. The van der Waals surface area contributed by atoms with Crippen LogP contribution in [0.4, 0.5) is 4.39 Å². The molecule has 5 rings (SSSR count). The fourth-order valence-corrected chi connectivity index (χ4v) is 3.87. The van der Waals surface area contributed by atoms with Crippen molar-refractivity contribution in [3.8, 4) is 22.6 Å². The van der Waals surface area contributed by atoms with Crippen LogP contribution >= 0.6 is 0 Å². The number of nitrogens with zero attached hydrogens (tertiary/aromatic N) is 3. The fourth-order valence-electron chi connectivity index (χ4n) is 3.87. The number of imidazole rings is 1. The van der Waals surface area contributed by atoms with Crippen molar-refractivity contribution in [3.05, 3.63) is 101 Å². The number of amides is 1. The molecule has 0 unspecified atom stereocenters. The van der Waals surface area contributed by atoms with Gasteiger partial charge < -0.3 is 10.7 Å². The highest BCUT2D eigenvalue weighted by atomic mass is 19.1. The molecule has 0 atom stereocenters. The van der Waals surface area contributed by atoms with Gasteiger partial charge in [-0.2, -0.15) is 0 Å². The van der Waals surface area contributed by atoms with Crippen molar-refractivity contribution >= 4 is 16.8 Å². The number of primary amides is 1. The Kier molecular flexibility index (Phi) is 5.14. The number of H-pyrrole nitrogens is 1. The molecule has 0 fully saturated rings. The molecule has 0 saturated heterocycles. The molecule has 33 heavy (non-hydrogen) atoms. The monoisotopic (exact) mass is 437 g/mol. The Morgan fingerprint density at radius 1 is 1.03 bits per heavy atom. The molecule has 0 spiro atoms. The third-order valence-corrected chi connectivity index (χ3v) is 5.44. The van der Waals surface area contributed by atoms with E-state index < -0.39 is 11.7 Å². The van der Waals surface area contributed by atoms with Gasteiger partial charge in [0.25, 0.3) is 5.91 Å². The predicted molar refractivity (Wildman–Crippen MR) is 125 cm³/mol. The molecule has 1 amide bonds. The Bertz CT molecular complexity index is 1510. The van der Waals surface area contributed by atoms with Crippen molar-refractivity contribution in [2.75, 3.05) is 0 Å². The molecule has 5 aromatic rings. The quantitative estimate of drug-likeness (QED) is 0.412. The molecule has 0 aliphatic rings. The zero-order chi connectivity index (χ0) is 22.9. The molecule has 6 nitrogen and oxygen atoms in total. The molecule has 7 heteroatoms. The van der Waals surface area contributed by atoms with E-state index in [2.05, 4.69) is 15.0 Å². The van der Waals surface area contributed by atoms with Crippen LogP contribution in [0, 0.1) is 12.7 Å². The maximum absolute atomic E-state index is 13.9. The minimum absolute atomic E-state index is 0.137. The first-order chi connectivity index (χ1) is 16.0. The number of carbonyl (C=O) groups is 1. The smallest absolute Gasteiger partial charge is 0.251 e. The summed E-state index contributed by atoms with van der Waals surface area (Å²) in [7, 11) is 0. The largest absolute Gasteiger partial charge is 0.366 e. The Labute approximate surface area is 189 Å². The molecule has 3 heterocycles. The normalized spacial score (nSPS) is 11.1. The summed E-state index contributed by atoms with van der Waals surface area (Å²) in [5.41, 5.74) is 10.9. The zero-order valence-corrected chi connectivity index (χ0v) is 17.8. The third-order valence-electron chi connectivity index (χ3n) is 5.44. The van der Waals surface area contributed by atoms with E-state index in [9.17, 15) is 9.18 Å². The second kappa shape index (κ2) is 8.27. The van der Waals surface area contributed by atoms with Crippen LogP contribution in [0.5, 0.6) is 0 Å². The van der Waals surface area contributed by atoms with E-state index in [-0.39, 0.29) is 5.56 Å². The van der Waals surface area contributed by atoms with Gasteiger partial charge in [-0.25, -0.2) is 9.37 Å². The van der Waals surface area contributed by atoms with Gasteiger partial charge in [0.15, 0.2) is 0 Å². The van der Waals surface area contributed by atoms with Crippen molar-refractivity contribution < 1.29 is 9.18 Å². The molecule has 0 radical (unpaired) electrons. The number of benzene rings is 2. The second-order valence-electron chi connectivity index (χ2n) is 7.84. The van der Waals surface area contributed by atoms with Crippen molar-refractivity contribution in [3.63, 3.8) is 0 Å². The van der Waals surface area contributed by atoms with Crippen molar-refractivity contribution in [2.24, 2.45) is 5.73 Å². The molecule has 0 aliphatic carbocycles. The lowest BCUT2D eigenvalue weighted by molar-refractivity contribution is 0.0996. The van der Waals surface area contributed by atoms with Gasteiger partial charge in [-0.1, -0.05) is 24.3 Å².